The van der Waals surface area contributed by atoms with Crippen LogP contribution in [0.25, 0.3) is 0 Å². The Balaban J connectivity index is 1.97. The number of anilines is 1. The number of hydrogen-bond acceptors (Lipinski definition) is 4. The molecule has 2 aromatic rings. The summed E-state index contributed by atoms with van der Waals surface area (Å²) in [5, 5.41) is 0. The van der Waals surface area contributed by atoms with Gasteiger partial charge < -0.3 is 10.5 Å². The van der Waals surface area contributed by atoms with Crippen LogP contribution in [0.2, 0.25) is 0 Å². The number of carbonyl (C=O) groups is 3. The molecule has 6 nitrogen and oxygen atoms in total. The summed E-state index contributed by atoms with van der Waals surface area (Å²) in [5.41, 5.74) is 5.02. The lowest BCUT2D eigenvalue weighted by Crippen LogP contribution is -2.30. The van der Waals surface area contributed by atoms with Crippen LogP contribution in [0.1, 0.15) is 31.1 Å². The third kappa shape index (κ3) is 2.91. The number of fused-ring (bicyclic) bond motifs is 1. The Hall–Kier alpha value is -3.36. The molecule has 1 heterocycles. The number of hydrogen-bond donors (Lipinski definition) is 1. The van der Waals surface area contributed by atoms with E-state index in [1.54, 1.807) is 0 Å². The minimum Gasteiger partial charge on any atom is -0.406 e. The quantitative estimate of drug-likeness (QED) is 0.861. The second-order valence-corrected chi connectivity index (χ2v) is 5.08. The smallest absolute Gasteiger partial charge is 0.406 e. The zero-order valence-electron chi connectivity index (χ0n) is 12.3. The predicted octanol–water partition coefficient (Wildman–Crippen LogP) is 2.48. The van der Waals surface area contributed by atoms with E-state index in [2.05, 4.69) is 4.74 Å². The van der Waals surface area contributed by atoms with Crippen LogP contribution >= 0.6 is 0 Å². The topological polar surface area (TPSA) is 89.7 Å². The molecule has 9 heteroatoms. The van der Waals surface area contributed by atoms with Gasteiger partial charge in [-0.2, -0.15) is 0 Å². The van der Waals surface area contributed by atoms with Crippen molar-refractivity contribution in [2.45, 2.75) is 6.36 Å². The van der Waals surface area contributed by atoms with Crippen molar-refractivity contribution < 1.29 is 32.3 Å². The highest BCUT2D eigenvalue weighted by Crippen LogP contribution is 2.32. The lowest BCUT2D eigenvalue weighted by molar-refractivity contribution is -0.274. The molecule has 1 aliphatic heterocycles. The van der Waals surface area contributed by atoms with E-state index in [0.717, 1.165) is 29.2 Å². The van der Waals surface area contributed by atoms with E-state index in [9.17, 15) is 27.6 Å². The molecular formula is C16H9F3N2O4. The summed E-state index contributed by atoms with van der Waals surface area (Å²) in [5.74, 6) is -2.84. The van der Waals surface area contributed by atoms with Crippen LogP contribution in [-0.2, 0) is 0 Å². The largest absolute Gasteiger partial charge is 0.573 e. The van der Waals surface area contributed by atoms with Gasteiger partial charge in [-0.25, -0.2) is 4.90 Å². The van der Waals surface area contributed by atoms with Gasteiger partial charge in [0, 0.05) is 0 Å². The molecule has 0 atom stereocenters. The van der Waals surface area contributed by atoms with Gasteiger partial charge in [0.2, 0.25) is 5.91 Å². The summed E-state index contributed by atoms with van der Waals surface area (Å²) in [6.45, 7) is 0. The number of rotatable bonds is 3. The number of halogens is 3. The van der Waals surface area contributed by atoms with Crippen LogP contribution in [0.15, 0.2) is 42.5 Å². The van der Waals surface area contributed by atoms with E-state index in [-0.39, 0.29) is 22.4 Å². The van der Waals surface area contributed by atoms with Gasteiger partial charge in [0.15, 0.2) is 0 Å². The van der Waals surface area contributed by atoms with Gasteiger partial charge in [0.1, 0.15) is 5.75 Å². The third-order valence-electron chi connectivity index (χ3n) is 3.51. The maximum Gasteiger partial charge on any atom is 0.573 e. The van der Waals surface area contributed by atoms with Crippen LogP contribution in [0.5, 0.6) is 5.75 Å². The van der Waals surface area contributed by atoms with E-state index in [1.807, 2.05) is 0 Å². The van der Waals surface area contributed by atoms with Crippen molar-refractivity contribution in [2.24, 2.45) is 5.73 Å². The Kier molecular flexibility index (Phi) is 3.71. The first-order valence-corrected chi connectivity index (χ1v) is 6.86. The minimum absolute atomic E-state index is 0.00285. The molecule has 0 fully saturated rings. The van der Waals surface area contributed by atoms with Crippen LogP contribution in [0.3, 0.4) is 0 Å². The fraction of sp³-hybridized carbons (Fsp3) is 0.0625. The van der Waals surface area contributed by atoms with Gasteiger partial charge in [-0.1, -0.05) is 6.07 Å². The highest BCUT2D eigenvalue weighted by molar-refractivity contribution is 6.36. The first-order chi connectivity index (χ1) is 11.7. The molecule has 3 rings (SSSR count). The Bertz CT molecular complexity index is 891. The first-order valence-electron chi connectivity index (χ1n) is 6.86. The van der Waals surface area contributed by atoms with Crippen molar-refractivity contribution in [2.75, 3.05) is 4.90 Å². The van der Waals surface area contributed by atoms with Gasteiger partial charge in [-0.3, -0.25) is 14.4 Å². The average Bonchev–Trinajstić information content (AvgIpc) is 2.78. The van der Waals surface area contributed by atoms with E-state index >= 15 is 0 Å². The summed E-state index contributed by atoms with van der Waals surface area (Å²) in [6.07, 6.45) is -4.85. The van der Waals surface area contributed by atoms with Crippen molar-refractivity contribution in [3.05, 3.63) is 59.2 Å². The molecule has 1 aliphatic rings. The second kappa shape index (κ2) is 5.62. The normalized spacial score (nSPS) is 13.8. The Morgan fingerprint density at radius 3 is 2.20 bits per heavy atom. The number of imide groups is 1. The number of nitrogens with two attached hydrogens (primary N) is 1. The fourth-order valence-corrected chi connectivity index (χ4v) is 2.52. The summed E-state index contributed by atoms with van der Waals surface area (Å²) < 4.78 is 40.3. The molecule has 0 aliphatic carbocycles. The molecule has 0 saturated heterocycles. The summed E-state index contributed by atoms with van der Waals surface area (Å²) >= 11 is 0. The predicted molar refractivity (Wildman–Crippen MR) is 79.2 cm³/mol. The van der Waals surface area contributed by atoms with Crippen molar-refractivity contribution in [1.82, 2.24) is 0 Å². The molecule has 2 aromatic carbocycles. The van der Waals surface area contributed by atoms with Crippen molar-refractivity contribution in [1.29, 1.82) is 0 Å². The average molecular weight is 350 g/mol. The molecule has 0 unspecified atom stereocenters. The van der Waals surface area contributed by atoms with Gasteiger partial charge in [0.05, 0.1) is 22.4 Å². The minimum atomic E-state index is -4.85. The molecule has 128 valence electrons. The zero-order valence-corrected chi connectivity index (χ0v) is 12.3. The van der Waals surface area contributed by atoms with Crippen molar-refractivity contribution >= 4 is 23.4 Å². The van der Waals surface area contributed by atoms with Gasteiger partial charge in [-0.15, -0.1) is 13.2 Å². The van der Waals surface area contributed by atoms with Crippen molar-refractivity contribution in [3.63, 3.8) is 0 Å². The number of benzene rings is 2. The number of nitrogens with zero attached hydrogens (tertiary/aromatic N) is 1. The van der Waals surface area contributed by atoms with E-state index < -0.39 is 29.8 Å². The lowest BCUT2D eigenvalue weighted by atomic mass is 10.0. The molecule has 0 saturated carbocycles. The van der Waals surface area contributed by atoms with Crippen LogP contribution < -0.4 is 15.4 Å². The van der Waals surface area contributed by atoms with Crippen LogP contribution in [-0.4, -0.2) is 24.1 Å². The second-order valence-electron chi connectivity index (χ2n) is 5.08. The molecular weight excluding hydrogens is 341 g/mol. The van der Waals surface area contributed by atoms with Crippen LogP contribution in [0.4, 0.5) is 18.9 Å². The molecule has 2 N–H and O–H groups in total. The number of ether oxygens (including phenoxy) is 1. The summed E-state index contributed by atoms with van der Waals surface area (Å²) in [7, 11) is 0. The zero-order chi connectivity index (χ0) is 18.4. The molecule has 0 radical (unpaired) electrons. The van der Waals surface area contributed by atoms with Gasteiger partial charge in [-0.05, 0) is 36.4 Å². The van der Waals surface area contributed by atoms with Crippen molar-refractivity contribution in [3.8, 4) is 5.75 Å². The first kappa shape index (κ1) is 16.5. The van der Waals surface area contributed by atoms with E-state index in [1.165, 1.54) is 18.2 Å². The summed E-state index contributed by atoms with van der Waals surface area (Å²) in [6, 6.07) is 8.30. The standard InChI is InChI=1S/C16H9F3N2O4/c17-16(18,19)25-9-6-4-8(5-7-9)21-14(23)11-3-1-2-10(13(20)22)12(11)15(21)24/h1-7H,(H2,20,22). The number of primary amides is 1. The van der Waals surface area contributed by atoms with E-state index in [4.69, 9.17) is 5.73 Å². The number of alkyl halides is 3. The number of amides is 3. The Morgan fingerprint density at radius 2 is 1.64 bits per heavy atom. The SMILES string of the molecule is NC(=O)c1cccc2c1C(=O)N(c1ccc(OC(F)(F)F)cc1)C2=O. The monoisotopic (exact) mass is 350 g/mol. The molecule has 0 aromatic heterocycles. The van der Waals surface area contributed by atoms with E-state index in [0.29, 0.717) is 0 Å². The Labute approximate surface area is 138 Å². The summed E-state index contributed by atoms with van der Waals surface area (Å²) in [4.78, 5) is 37.2. The van der Waals surface area contributed by atoms with Crippen LogP contribution in [0, 0.1) is 0 Å². The highest BCUT2D eigenvalue weighted by atomic mass is 19.4. The maximum atomic E-state index is 12.5. The fourth-order valence-electron chi connectivity index (χ4n) is 2.52. The molecule has 0 spiro atoms. The number of carbonyl (C=O) groups excluding carboxylic acids is 3. The molecule has 3 amide bonds. The van der Waals surface area contributed by atoms with Gasteiger partial charge in [0.25, 0.3) is 11.8 Å². The Morgan fingerprint density at radius 1 is 1.00 bits per heavy atom. The molecule has 0 bridgehead atoms. The lowest BCUT2D eigenvalue weighted by Gasteiger charge is -2.15. The maximum absolute atomic E-state index is 12.5. The van der Waals surface area contributed by atoms with Gasteiger partial charge >= 0.3 is 6.36 Å². The highest BCUT2D eigenvalue weighted by Gasteiger charge is 2.39. The molecule has 25 heavy (non-hydrogen) atoms. The third-order valence-corrected chi connectivity index (χ3v) is 3.51.